The van der Waals surface area contributed by atoms with Gasteiger partial charge in [-0.3, -0.25) is 0 Å². The van der Waals surface area contributed by atoms with Crippen LogP contribution < -0.4 is 4.72 Å². The smallest absolute Gasteiger partial charge is 0.304 e. The second-order valence-electron chi connectivity index (χ2n) is 5.59. The van der Waals surface area contributed by atoms with E-state index in [1.165, 1.54) is 24.4 Å². The van der Waals surface area contributed by atoms with Crippen LogP contribution in [0.3, 0.4) is 0 Å². The van der Waals surface area contributed by atoms with E-state index in [-0.39, 0.29) is 29.1 Å². The predicted octanol–water partition coefficient (Wildman–Crippen LogP) is 2.74. The topological polar surface area (TPSA) is 76.9 Å². The molecule has 0 radical (unpaired) electrons. The van der Waals surface area contributed by atoms with Crippen LogP contribution in [0.2, 0.25) is 0 Å². The first-order valence-corrected chi connectivity index (χ1v) is 9.12. The van der Waals surface area contributed by atoms with Gasteiger partial charge < -0.3 is 4.57 Å². The third-order valence-corrected chi connectivity index (χ3v) is 5.39. The fourth-order valence-corrected chi connectivity index (χ4v) is 3.88. The number of fused-ring (bicyclic) bond motifs is 1. The molecule has 0 saturated heterocycles. The molecule has 6 nitrogen and oxygen atoms in total. The first kappa shape index (κ1) is 18.3. The van der Waals surface area contributed by atoms with E-state index < -0.39 is 22.0 Å². The number of imidazole rings is 1. The Balaban J connectivity index is 1.85. The number of sulfonamides is 1. The fraction of sp³-hybridized carbons (Fsp3) is 0.250. The van der Waals surface area contributed by atoms with Gasteiger partial charge in [0.25, 0.3) is 0 Å². The van der Waals surface area contributed by atoms with Gasteiger partial charge in [0.05, 0.1) is 4.90 Å². The zero-order chi connectivity index (χ0) is 18.9. The molecule has 10 heteroatoms. The SMILES string of the molecule is Cc1ccccc1S(=O)(=O)NCCn1c(C(F)(F)F)nc2cccnc21. The Morgan fingerprint density at radius 2 is 1.88 bits per heavy atom. The summed E-state index contributed by atoms with van der Waals surface area (Å²) in [5.74, 6) is -1.11. The Bertz CT molecular complexity index is 1050. The third-order valence-electron chi connectivity index (χ3n) is 3.77. The predicted molar refractivity (Wildman–Crippen MR) is 88.9 cm³/mol. The van der Waals surface area contributed by atoms with Gasteiger partial charge in [-0.2, -0.15) is 13.2 Å². The summed E-state index contributed by atoms with van der Waals surface area (Å²) in [5, 5.41) is 0. The summed E-state index contributed by atoms with van der Waals surface area (Å²) in [5.41, 5.74) is 0.697. The molecule has 0 atom stereocenters. The van der Waals surface area contributed by atoms with Crippen molar-refractivity contribution in [1.82, 2.24) is 19.3 Å². The Labute approximate surface area is 147 Å². The summed E-state index contributed by atoms with van der Waals surface area (Å²) in [6.45, 7) is 1.15. The van der Waals surface area contributed by atoms with E-state index in [0.29, 0.717) is 5.56 Å². The molecule has 2 heterocycles. The molecule has 3 rings (SSSR count). The molecule has 0 saturated carbocycles. The van der Waals surface area contributed by atoms with Gasteiger partial charge in [0.2, 0.25) is 15.8 Å². The minimum atomic E-state index is -4.67. The number of pyridine rings is 1. The van der Waals surface area contributed by atoms with Gasteiger partial charge in [-0.1, -0.05) is 18.2 Å². The van der Waals surface area contributed by atoms with E-state index >= 15 is 0 Å². The van der Waals surface area contributed by atoms with Gasteiger partial charge in [-0.05, 0) is 30.7 Å². The molecule has 1 aromatic carbocycles. The number of aryl methyl sites for hydroxylation is 1. The summed E-state index contributed by atoms with van der Waals surface area (Å²) in [7, 11) is -3.83. The number of benzene rings is 1. The maximum absolute atomic E-state index is 13.2. The maximum Gasteiger partial charge on any atom is 0.449 e. The molecular formula is C16H15F3N4O2S. The minimum absolute atomic E-state index is 0.0508. The molecule has 0 bridgehead atoms. The van der Waals surface area contributed by atoms with Crippen LogP contribution in [0.5, 0.6) is 0 Å². The highest BCUT2D eigenvalue weighted by Crippen LogP contribution is 2.30. The van der Waals surface area contributed by atoms with Crippen LogP contribution in [0.15, 0.2) is 47.5 Å². The van der Waals surface area contributed by atoms with Gasteiger partial charge in [0.1, 0.15) is 5.52 Å². The minimum Gasteiger partial charge on any atom is -0.304 e. The van der Waals surface area contributed by atoms with Crippen molar-refractivity contribution in [2.75, 3.05) is 6.54 Å². The molecule has 0 spiro atoms. The van der Waals surface area contributed by atoms with Gasteiger partial charge in [0, 0.05) is 19.3 Å². The molecule has 0 fully saturated rings. The number of rotatable bonds is 5. The average Bonchev–Trinajstić information content (AvgIpc) is 2.94. The van der Waals surface area contributed by atoms with Gasteiger partial charge >= 0.3 is 6.18 Å². The molecule has 3 aromatic rings. The maximum atomic E-state index is 13.2. The van der Waals surface area contributed by atoms with Crippen LogP contribution in [-0.2, 0) is 22.7 Å². The molecule has 0 aliphatic carbocycles. The standard InChI is InChI=1S/C16H15F3N4O2S/c1-11-5-2-3-7-13(11)26(24,25)21-9-10-23-14-12(6-4-8-20-14)22-15(23)16(17,18)19/h2-8,21H,9-10H2,1H3. The Morgan fingerprint density at radius 3 is 2.58 bits per heavy atom. The lowest BCUT2D eigenvalue weighted by molar-refractivity contribution is -0.146. The zero-order valence-corrected chi connectivity index (χ0v) is 14.5. The number of alkyl halides is 3. The Kier molecular flexibility index (Phi) is 4.72. The molecule has 0 aliphatic rings. The Morgan fingerprint density at radius 1 is 1.15 bits per heavy atom. The molecule has 1 N–H and O–H groups in total. The fourth-order valence-electron chi connectivity index (χ4n) is 2.61. The number of hydrogen-bond donors (Lipinski definition) is 1. The second-order valence-corrected chi connectivity index (χ2v) is 7.33. The van der Waals surface area contributed by atoms with Gasteiger partial charge in [0.15, 0.2) is 5.65 Å². The molecular weight excluding hydrogens is 369 g/mol. The first-order valence-electron chi connectivity index (χ1n) is 7.64. The van der Waals surface area contributed by atoms with E-state index in [1.54, 1.807) is 25.1 Å². The van der Waals surface area contributed by atoms with Crippen molar-refractivity contribution in [3.05, 3.63) is 54.0 Å². The molecule has 2 aromatic heterocycles. The highest BCUT2D eigenvalue weighted by molar-refractivity contribution is 7.89. The molecule has 26 heavy (non-hydrogen) atoms. The van der Waals surface area contributed by atoms with E-state index in [1.807, 2.05) is 0 Å². The van der Waals surface area contributed by atoms with E-state index in [2.05, 4.69) is 14.7 Å². The molecule has 0 amide bonds. The van der Waals surface area contributed by atoms with Crippen molar-refractivity contribution in [3.63, 3.8) is 0 Å². The van der Waals surface area contributed by atoms with Crippen molar-refractivity contribution < 1.29 is 21.6 Å². The van der Waals surface area contributed by atoms with E-state index in [9.17, 15) is 21.6 Å². The summed E-state index contributed by atoms with van der Waals surface area (Å²) in [4.78, 5) is 7.58. The summed E-state index contributed by atoms with van der Waals surface area (Å²) >= 11 is 0. The number of aromatic nitrogens is 3. The van der Waals surface area contributed by atoms with Gasteiger partial charge in [-0.25, -0.2) is 23.1 Å². The summed E-state index contributed by atoms with van der Waals surface area (Å²) < 4.78 is 67.6. The molecule has 138 valence electrons. The quantitative estimate of drug-likeness (QED) is 0.734. The first-order chi connectivity index (χ1) is 12.2. The number of nitrogens with zero attached hydrogens (tertiary/aromatic N) is 3. The van der Waals surface area contributed by atoms with Crippen LogP contribution in [0.25, 0.3) is 11.2 Å². The normalized spacial score (nSPS) is 12.6. The van der Waals surface area contributed by atoms with Crippen molar-refractivity contribution in [1.29, 1.82) is 0 Å². The highest BCUT2D eigenvalue weighted by Gasteiger charge is 2.37. The van der Waals surface area contributed by atoms with E-state index in [0.717, 1.165) is 4.57 Å². The third kappa shape index (κ3) is 3.56. The number of halogens is 3. The second kappa shape index (κ2) is 6.69. The van der Waals surface area contributed by atoms with Crippen LogP contribution >= 0.6 is 0 Å². The molecule has 0 aliphatic heterocycles. The lowest BCUT2D eigenvalue weighted by atomic mass is 10.2. The summed E-state index contributed by atoms with van der Waals surface area (Å²) in [6.07, 6.45) is -3.31. The van der Waals surface area contributed by atoms with Gasteiger partial charge in [-0.15, -0.1) is 0 Å². The highest BCUT2D eigenvalue weighted by atomic mass is 32.2. The van der Waals surface area contributed by atoms with Crippen LogP contribution in [0, 0.1) is 6.92 Å². The van der Waals surface area contributed by atoms with Crippen molar-refractivity contribution in [2.45, 2.75) is 24.5 Å². The van der Waals surface area contributed by atoms with Crippen LogP contribution in [0.4, 0.5) is 13.2 Å². The largest absolute Gasteiger partial charge is 0.449 e. The van der Waals surface area contributed by atoms with Crippen LogP contribution in [-0.4, -0.2) is 29.5 Å². The number of nitrogens with one attached hydrogen (secondary N) is 1. The zero-order valence-electron chi connectivity index (χ0n) is 13.7. The lowest BCUT2D eigenvalue weighted by Gasteiger charge is -2.12. The van der Waals surface area contributed by atoms with Crippen LogP contribution in [0.1, 0.15) is 11.4 Å². The summed E-state index contributed by atoms with van der Waals surface area (Å²) in [6, 6.07) is 9.27. The van der Waals surface area contributed by atoms with E-state index in [4.69, 9.17) is 0 Å². The van der Waals surface area contributed by atoms with Crippen molar-refractivity contribution >= 4 is 21.2 Å². The lowest BCUT2D eigenvalue weighted by Crippen LogP contribution is -2.29. The van der Waals surface area contributed by atoms with Crippen molar-refractivity contribution in [2.24, 2.45) is 0 Å². The van der Waals surface area contributed by atoms with Crippen molar-refractivity contribution in [3.8, 4) is 0 Å². The Hall–Kier alpha value is -2.46. The average molecular weight is 384 g/mol. The number of hydrogen-bond acceptors (Lipinski definition) is 4. The molecule has 0 unspecified atom stereocenters. The monoisotopic (exact) mass is 384 g/mol.